The van der Waals surface area contributed by atoms with Gasteiger partial charge in [0.15, 0.2) is 0 Å². The Balaban J connectivity index is 1.67. The highest BCUT2D eigenvalue weighted by Gasteiger charge is 2.21. The number of H-pyrrole nitrogens is 1. The van der Waals surface area contributed by atoms with Gasteiger partial charge in [-0.05, 0) is 52.8 Å². The standard InChI is InChI=1S/C22H19NO2/c1-25-22(24)21-14-19-18(10-11-20(19)23-21)13-15-6-5-9-17(12-15)16-7-3-2-4-8-16/h2-9,12-14,23H,10-11H2,1H3/b18-13+. The maximum Gasteiger partial charge on any atom is 0.354 e. The number of fused-ring (bicyclic) bond motifs is 1. The molecule has 1 heterocycles. The number of rotatable bonds is 3. The fraction of sp³-hybridized carbons (Fsp3) is 0.136. The van der Waals surface area contributed by atoms with E-state index >= 15 is 0 Å². The Hall–Kier alpha value is -3.07. The van der Waals surface area contributed by atoms with E-state index in [4.69, 9.17) is 4.74 Å². The number of carbonyl (C=O) groups is 1. The van der Waals surface area contributed by atoms with Crippen molar-refractivity contribution < 1.29 is 9.53 Å². The summed E-state index contributed by atoms with van der Waals surface area (Å²) in [5.74, 6) is -0.320. The van der Waals surface area contributed by atoms with E-state index in [9.17, 15) is 4.79 Å². The lowest BCUT2D eigenvalue weighted by Crippen LogP contribution is -2.01. The minimum Gasteiger partial charge on any atom is -0.464 e. The topological polar surface area (TPSA) is 42.1 Å². The number of aryl methyl sites for hydroxylation is 1. The SMILES string of the molecule is COC(=O)c1cc2c([nH]1)CC/C2=C\c1cccc(-c2ccccc2)c1. The Morgan fingerprint density at radius 1 is 1.00 bits per heavy atom. The molecule has 1 aliphatic rings. The molecule has 0 bridgehead atoms. The average Bonchev–Trinajstić information content (AvgIpc) is 3.24. The van der Waals surface area contributed by atoms with Crippen molar-refractivity contribution in [3.05, 3.63) is 83.2 Å². The van der Waals surface area contributed by atoms with Crippen LogP contribution in [0.4, 0.5) is 0 Å². The van der Waals surface area contributed by atoms with Crippen molar-refractivity contribution in [1.82, 2.24) is 4.98 Å². The quantitative estimate of drug-likeness (QED) is 0.690. The molecule has 0 atom stereocenters. The summed E-state index contributed by atoms with van der Waals surface area (Å²) in [6.07, 6.45) is 4.13. The molecule has 1 aromatic heterocycles. The first-order valence-corrected chi connectivity index (χ1v) is 8.41. The number of benzene rings is 2. The number of hydrogen-bond acceptors (Lipinski definition) is 2. The van der Waals surface area contributed by atoms with Crippen molar-refractivity contribution in [1.29, 1.82) is 0 Å². The summed E-state index contributed by atoms with van der Waals surface area (Å²) >= 11 is 0. The van der Waals surface area contributed by atoms with Crippen molar-refractivity contribution in [2.45, 2.75) is 12.8 Å². The lowest BCUT2D eigenvalue weighted by atomic mass is 10.0. The molecular weight excluding hydrogens is 310 g/mol. The molecule has 4 rings (SSSR count). The third-order valence-electron chi connectivity index (χ3n) is 4.63. The first-order valence-electron chi connectivity index (χ1n) is 8.41. The van der Waals surface area contributed by atoms with Crippen LogP contribution in [0, 0.1) is 0 Å². The lowest BCUT2D eigenvalue weighted by Gasteiger charge is -2.04. The van der Waals surface area contributed by atoms with Crippen LogP contribution in [-0.4, -0.2) is 18.1 Å². The van der Waals surface area contributed by atoms with Crippen LogP contribution in [-0.2, 0) is 11.2 Å². The van der Waals surface area contributed by atoms with Crippen LogP contribution in [0.5, 0.6) is 0 Å². The third-order valence-corrected chi connectivity index (χ3v) is 4.63. The van der Waals surface area contributed by atoms with Crippen LogP contribution in [0.1, 0.15) is 33.7 Å². The molecular formula is C22H19NO2. The highest BCUT2D eigenvalue weighted by Crippen LogP contribution is 2.34. The van der Waals surface area contributed by atoms with Crippen LogP contribution in [0.3, 0.4) is 0 Å². The summed E-state index contributed by atoms with van der Waals surface area (Å²) in [4.78, 5) is 14.9. The zero-order valence-corrected chi connectivity index (χ0v) is 14.1. The molecule has 0 unspecified atom stereocenters. The van der Waals surface area contributed by atoms with Gasteiger partial charge in [-0.2, -0.15) is 0 Å². The number of aromatic nitrogens is 1. The Bertz CT molecular complexity index is 951. The van der Waals surface area contributed by atoms with Crippen molar-refractivity contribution in [2.75, 3.05) is 7.11 Å². The average molecular weight is 329 g/mol. The van der Waals surface area contributed by atoms with Crippen LogP contribution < -0.4 is 0 Å². The van der Waals surface area contributed by atoms with E-state index < -0.39 is 0 Å². The number of carbonyl (C=O) groups excluding carboxylic acids is 1. The van der Waals surface area contributed by atoms with Crippen LogP contribution in [0.2, 0.25) is 0 Å². The molecule has 0 fully saturated rings. The van der Waals surface area contributed by atoms with E-state index in [2.05, 4.69) is 59.6 Å². The summed E-state index contributed by atoms with van der Waals surface area (Å²) in [6.45, 7) is 0. The highest BCUT2D eigenvalue weighted by atomic mass is 16.5. The Morgan fingerprint density at radius 3 is 2.60 bits per heavy atom. The van der Waals surface area contributed by atoms with Gasteiger partial charge in [0.2, 0.25) is 0 Å². The number of allylic oxidation sites excluding steroid dienone is 1. The van der Waals surface area contributed by atoms with Crippen LogP contribution in [0.25, 0.3) is 22.8 Å². The molecule has 3 aromatic rings. The summed E-state index contributed by atoms with van der Waals surface area (Å²) in [5, 5.41) is 0. The monoisotopic (exact) mass is 329 g/mol. The van der Waals surface area contributed by atoms with Crippen molar-refractivity contribution in [2.24, 2.45) is 0 Å². The Morgan fingerprint density at radius 2 is 1.80 bits per heavy atom. The number of hydrogen-bond donors (Lipinski definition) is 1. The minimum atomic E-state index is -0.320. The molecule has 0 saturated heterocycles. The zero-order chi connectivity index (χ0) is 17.2. The van der Waals surface area contributed by atoms with E-state index in [0.717, 1.165) is 24.1 Å². The van der Waals surface area contributed by atoms with Gasteiger partial charge in [0, 0.05) is 5.69 Å². The predicted octanol–water partition coefficient (Wildman–Crippen LogP) is 4.96. The van der Waals surface area contributed by atoms with Gasteiger partial charge in [0.05, 0.1) is 7.11 Å². The second-order valence-corrected chi connectivity index (χ2v) is 6.23. The van der Waals surface area contributed by atoms with E-state index in [1.807, 2.05) is 12.1 Å². The van der Waals surface area contributed by atoms with Gasteiger partial charge in [-0.3, -0.25) is 0 Å². The third kappa shape index (κ3) is 3.01. The van der Waals surface area contributed by atoms with E-state index in [1.54, 1.807) is 0 Å². The molecule has 124 valence electrons. The molecule has 3 heteroatoms. The number of nitrogens with one attached hydrogen (secondary N) is 1. The summed E-state index contributed by atoms with van der Waals surface area (Å²) in [7, 11) is 1.40. The summed E-state index contributed by atoms with van der Waals surface area (Å²) in [6, 6.07) is 20.8. The van der Waals surface area contributed by atoms with Gasteiger partial charge in [0.1, 0.15) is 5.69 Å². The molecule has 2 aromatic carbocycles. The smallest absolute Gasteiger partial charge is 0.354 e. The molecule has 0 amide bonds. The number of aromatic amines is 1. The van der Waals surface area contributed by atoms with Crippen molar-refractivity contribution >= 4 is 17.6 Å². The van der Waals surface area contributed by atoms with Crippen LogP contribution in [0.15, 0.2) is 60.7 Å². The predicted molar refractivity (Wildman–Crippen MR) is 100 cm³/mol. The van der Waals surface area contributed by atoms with Gasteiger partial charge < -0.3 is 9.72 Å². The van der Waals surface area contributed by atoms with Gasteiger partial charge in [-0.1, -0.05) is 54.6 Å². The first kappa shape index (κ1) is 15.5. The van der Waals surface area contributed by atoms with Crippen LogP contribution >= 0.6 is 0 Å². The number of ether oxygens (including phenoxy) is 1. The normalized spacial score (nSPS) is 14.5. The van der Waals surface area contributed by atoms with E-state index in [1.165, 1.54) is 29.4 Å². The van der Waals surface area contributed by atoms with Crippen molar-refractivity contribution in [3.63, 3.8) is 0 Å². The van der Waals surface area contributed by atoms with Gasteiger partial charge >= 0.3 is 5.97 Å². The molecule has 1 N–H and O–H groups in total. The zero-order valence-electron chi connectivity index (χ0n) is 14.1. The summed E-state index contributed by atoms with van der Waals surface area (Å²) < 4.78 is 4.80. The molecule has 0 saturated carbocycles. The maximum atomic E-state index is 11.7. The largest absolute Gasteiger partial charge is 0.464 e. The molecule has 0 spiro atoms. The second-order valence-electron chi connectivity index (χ2n) is 6.23. The van der Waals surface area contributed by atoms with E-state index in [0.29, 0.717) is 5.69 Å². The molecule has 3 nitrogen and oxygen atoms in total. The minimum absolute atomic E-state index is 0.320. The Kier molecular flexibility index (Phi) is 3.98. The number of esters is 1. The molecule has 25 heavy (non-hydrogen) atoms. The Labute approximate surface area is 147 Å². The molecule has 0 radical (unpaired) electrons. The molecule has 0 aliphatic heterocycles. The highest BCUT2D eigenvalue weighted by molar-refractivity contribution is 5.92. The lowest BCUT2D eigenvalue weighted by molar-refractivity contribution is 0.0594. The van der Waals surface area contributed by atoms with E-state index in [-0.39, 0.29) is 5.97 Å². The second kappa shape index (κ2) is 6.44. The fourth-order valence-corrected chi connectivity index (χ4v) is 3.39. The first-order chi connectivity index (χ1) is 12.2. The molecule has 1 aliphatic carbocycles. The van der Waals surface area contributed by atoms with Gasteiger partial charge in [0.25, 0.3) is 0 Å². The number of methoxy groups -OCH3 is 1. The van der Waals surface area contributed by atoms with Gasteiger partial charge in [-0.15, -0.1) is 0 Å². The maximum absolute atomic E-state index is 11.7. The fourth-order valence-electron chi connectivity index (χ4n) is 3.39. The van der Waals surface area contributed by atoms with Crippen molar-refractivity contribution in [3.8, 4) is 11.1 Å². The summed E-state index contributed by atoms with van der Waals surface area (Å²) in [5.41, 5.74) is 7.62. The van der Waals surface area contributed by atoms with Gasteiger partial charge in [-0.25, -0.2) is 4.79 Å².